The van der Waals surface area contributed by atoms with Crippen LogP contribution in [0, 0.1) is 0 Å². The van der Waals surface area contributed by atoms with E-state index in [0.717, 1.165) is 24.9 Å². The maximum Gasteiger partial charge on any atom is 0.251 e. The zero-order chi connectivity index (χ0) is 18.7. The van der Waals surface area contributed by atoms with Gasteiger partial charge in [0, 0.05) is 39.4 Å². The van der Waals surface area contributed by atoms with Gasteiger partial charge in [-0.3, -0.25) is 9.79 Å². The van der Waals surface area contributed by atoms with Crippen LogP contribution in [0.15, 0.2) is 29.3 Å². The van der Waals surface area contributed by atoms with Crippen LogP contribution in [-0.2, 0) is 11.3 Å². The highest BCUT2D eigenvalue weighted by molar-refractivity contribution is 14.0. The molecule has 148 valence electrons. The summed E-state index contributed by atoms with van der Waals surface area (Å²) >= 11 is 0. The summed E-state index contributed by atoms with van der Waals surface area (Å²) in [5.74, 6) is 0.693. The quantitative estimate of drug-likeness (QED) is 0.222. The molecule has 0 bridgehead atoms. The molecule has 0 aliphatic carbocycles. The summed E-state index contributed by atoms with van der Waals surface area (Å²) in [6.07, 6.45) is 2.07. The summed E-state index contributed by atoms with van der Waals surface area (Å²) < 4.78 is 5.38. The number of carbonyl (C=O) groups excluding carboxylic acids is 1. The molecule has 1 aromatic rings. The van der Waals surface area contributed by atoms with Crippen molar-refractivity contribution in [2.24, 2.45) is 4.99 Å². The first-order valence-corrected chi connectivity index (χ1v) is 8.78. The Morgan fingerprint density at radius 2 is 1.81 bits per heavy atom. The van der Waals surface area contributed by atoms with E-state index in [-0.39, 0.29) is 35.5 Å². The topological polar surface area (TPSA) is 74.8 Å². The molecule has 0 aromatic heterocycles. The number of ether oxygens (including phenoxy) is 1. The minimum Gasteiger partial charge on any atom is -0.377 e. The van der Waals surface area contributed by atoms with Crippen molar-refractivity contribution >= 4 is 35.8 Å². The zero-order valence-electron chi connectivity index (χ0n) is 16.5. The van der Waals surface area contributed by atoms with E-state index in [1.807, 2.05) is 38.1 Å². The molecule has 0 saturated carbocycles. The second-order valence-electron chi connectivity index (χ2n) is 6.55. The first-order valence-electron chi connectivity index (χ1n) is 8.78. The zero-order valence-corrected chi connectivity index (χ0v) is 18.8. The lowest BCUT2D eigenvalue weighted by molar-refractivity contribution is 0.0268. The van der Waals surface area contributed by atoms with Crippen molar-refractivity contribution in [2.75, 3.05) is 27.2 Å². The van der Waals surface area contributed by atoms with Crippen molar-refractivity contribution in [3.63, 3.8) is 0 Å². The highest BCUT2D eigenvalue weighted by Gasteiger charge is 2.16. The smallest absolute Gasteiger partial charge is 0.251 e. The third-order valence-electron chi connectivity index (χ3n) is 3.95. The fraction of sp³-hybridized carbons (Fsp3) is 0.579. The van der Waals surface area contributed by atoms with Crippen molar-refractivity contribution in [3.05, 3.63) is 35.4 Å². The SMILES string of the molecule is CCCCNC(=O)c1ccc(CNC(=NC)NCC(C)(C)OC)cc1.I. The van der Waals surface area contributed by atoms with E-state index >= 15 is 0 Å². The lowest BCUT2D eigenvalue weighted by Gasteiger charge is -2.24. The van der Waals surface area contributed by atoms with E-state index in [0.29, 0.717) is 24.6 Å². The summed E-state index contributed by atoms with van der Waals surface area (Å²) in [5, 5.41) is 9.41. The predicted octanol–water partition coefficient (Wildman–Crippen LogP) is 2.92. The molecule has 1 aromatic carbocycles. The molecule has 0 radical (unpaired) electrons. The number of halogens is 1. The van der Waals surface area contributed by atoms with Gasteiger partial charge in [-0.2, -0.15) is 0 Å². The summed E-state index contributed by atoms with van der Waals surface area (Å²) in [4.78, 5) is 16.2. The van der Waals surface area contributed by atoms with Crippen molar-refractivity contribution in [2.45, 2.75) is 45.8 Å². The van der Waals surface area contributed by atoms with Gasteiger partial charge in [0.15, 0.2) is 5.96 Å². The number of amides is 1. The second kappa shape index (κ2) is 12.9. The van der Waals surface area contributed by atoms with Crippen LogP contribution in [0.5, 0.6) is 0 Å². The van der Waals surface area contributed by atoms with Crippen molar-refractivity contribution in [3.8, 4) is 0 Å². The maximum absolute atomic E-state index is 12.0. The molecule has 0 spiro atoms. The molecule has 0 aliphatic rings. The van der Waals surface area contributed by atoms with Crippen LogP contribution in [0.1, 0.15) is 49.5 Å². The Labute approximate surface area is 174 Å². The van der Waals surface area contributed by atoms with Gasteiger partial charge in [0.1, 0.15) is 0 Å². The number of nitrogens with zero attached hydrogens (tertiary/aromatic N) is 1. The number of nitrogens with one attached hydrogen (secondary N) is 3. The number of aliphatic imine (C=N–C) groups is 1. The minimum atomic E-state index is -0.260. The van der Waals surface area contributed by atoms with Gasteiger partial charge in [-0.25, -0.2) is 0 Å². The van der Waals surface area contributed by atoms with Crippen LogP contribution in [-0.4, -0.2) is 44.7 Å². The number of methoxy groups -OCH3 is 1. The van der Waals surface area contributed by atoms with Gasteiger partial charge < -0.3 is 20.7 Å². The number of carbonyl (C=O) groups is 1. The van der Waals surface area contributed by atoms with E-state index in [9.17, 15) is 4.79 Å². The number of hydrogen-bond acceptors (Lipinski definition) is 3. The van der Waals surface area contributed by atoms with E-state index in [4.69, 9.17) is 4.74 Å². The third kappa shape index (κ3) is 9.38. The van der Waals surface area contributed by atoms with Gasteiger partial charge in [-0.1, -0.05) is 25.5 Å². The first kappa shape index (κ1) is 24.7. The summed E-state index contributed by atoms with van der Waals surface area (Å²) in [6, 6.07) is 7.60. The molecule has 1 amide bonds. The van der Waals surface area contributed by atoms with Gasteiger partial charge in [0.25, 0.3) is 5.91 Å². The number of hydrogen-bond donors (Lipinski definition) is 3. The van der Waals surface area contributed by atoms with Crippen LogP contribution in [0.4, 0.5) is 0 Å². The van der Waals surface area contributed by atoms with Crippen LogP contribution < -0.4 is 16.0 Å². The average Bonchev–Trinajstić information content (AvgIpc) is 2.62. The highest BCUT2D eigenvalue weighted by Crippen LogP contribution is 2.06. The Bertz CT molecular complexity index is 559. The molecule has 1 rings (SSSR count). The molecular formula is C19H33IN4O2. The largest absolute Gasteiger partial charge is 0.377 e. The van der Waals surface area contributed by atoms with E-state index in [1.54, 1.807) is 14.2 Å². The van der Waals surface area contributed by atoms with Crippen LogP contribution in [0.25, 0.3) is 0 Å². The molecule has 3 N–H and O–H groups in total. The van der Waals surface area contributed by atoms with Crippen LogP contribution in [0.3, 0.4) is 0 Å². The van der Waals surface area contributed by atoms with Crippen molar-refractivity contribution in [1.29, 1.82) is 0 Å². The molecular weight excluding hydrogens is 443 g/mol. The fourth-order valence-corrected chi connectivity index (χ4v) is 2.03. The summed E-state index contributed by atoms with van der Waals surface area (Å²) in [7, 11) is 3.43. The Morgan fingerprint density at radius 3 is 2.35 bits per heavy atom. The Morgan fingerprint density at radius 1 is 1.15 bits per heavy atom. The molecule has 26 heavy (non-hydrogen) atoms. The maximum atomic E-state index is 12.0. The Kier molecular flexibility index (Phi) is 12.2. The summed E-state index contributed by atoms with van der Waals surface area (Å²) in [6.45, 7) is 8.13. The standard InChI is InChI=1S/C19H32N4O2.HI/c1-6-7-12-21-17(24)16-10-8-15(9-11-16)13-22-18(20-4)23-14-19(2,3)25-5;/h8-11H,6-7,12-14H2,1-5H3,(H,21,24)(H2,20,22,23);1H. The van der Waals surface area contributed by atoms with Crippen molar-refractivity contribution in [1.82, 2.24) is 16.0 Å². The lowest BCUT2D eigenvalue weighted by atomic mass is 10.1. The molecule has 7 heteroatoms. The van der Waals surface area contributed by atoms with Gasteiger partial charge in [0.05, 0.1) is 5.60 Å². The number of guanidine groups is 1. The average molecular weight is 476 g/mol. The van der Waals surface area contributed by atoms with Crippen molar-refractivity contribution < 1.29 is 9.53 Å². The van der Waals surface area contributed by atoms with Crippen LogP contribution >= 0.6 is 24.0 Å². The first-order chi connectivity index (χ1) is 11.9. The van der Waals surface area contributed by atoms with Gasteiger partial charge >= 0.3 is 0 Å². The van der Waals surface area contributed by atoms with Gasteiger partial charge in [0.2, 0.25) is 0 Å². The fourth-order valence-electron chi connectivity index (χ4n) is 2.03. The van der Waals surface area contributed by atoms with Gasteiger partial charge in [-0.05, 0) is 38.0 Å². The summed E-state index contributed by atoms with van der Waals surface area (Å²) in [5.41, 5.74) is 1.51. The lowest BCUT2D eigenvalue weighted by Crippen LogP contribution is -2.45. The monoisotopic (exact) mass is 476 g/mol. The highest BCUT2D eigenvalue weighted by atomic mass is 127. The molecule has 0 fully saturated rings. The minimum absolute atomic E-state index is 0. The number of benzene rings is 1. The molecule has 0 unspecified atom stereocenters. The number of unbranched alkanes of at least 4 members (excludes halogenated alkanes) is 1. The number of rotatable bonds is 9. The van der Waals surface area contributed by atoms with Crippen LogP contribution in [0.2, 0.25) is 0 Å². The Balaban J connectivity index is 0.00000625. The third-order valence-corrected chi connectivity index (χ3v) is 3.95. The Hall–Kier alpha value is -1.35. The van der Waals surface area contributed by atoms with E-state index in [2.05, 4.69) is 27.9 Å². The predicted molar refractivity (Wildman–Crippen MR) is 118 cm³/mol. The second-order valence-corrected chi connectivity index (χ2v) is 6.55. The molecule has 0 atom stereocenters. The molecule has 0 heterocycles. The molecule has 6 nitrogen and oxygen atoms in total. The molecule has 0 saturated heterocycles. The van der Waals surface area contributed by atoms with Gasteiger partial charge in [-0.15, -0.1) is 24.0 Å². The molecule has 0 aliphatic heterocycles. The van der Waals surface area contributed by atoms with E-state index in [1.165, 1.54) is 0 Å². The van der Waals surface area contributed by atoms with E-state index < -0.39 is 0 Å². The normalized spacial score (nSPS) is 11.5.